The van der Waals surface area contributed by atoms with Crippen LogP contribution in [0.3, 0.4) is 0 Å². The molecule has 0 spiro atoms. The fourth-order valence-electron chi connectivity index (χ4n) is 1.11. The van der Waals surface area contributed by atoms with Crippen molar-refractivity contribution in [2.75, 3.05) is 12.4 Å². The third-order valence-corrected chi connectivity index (χ3v) is 2.81. The van der Waals surface area contributed by atoms with E-state index in [1.807, 2.05) is 0 Å². The first-order valence-electron chi connectivity index (χ1n) is 3.52. The van der Waals surface area contributed by atoms with E-state index in [-0.39, 0.29) is 0 Å². The lowest BCUT2D eigenvalue weighted by Gasteiger charge is -2.03. The maximum atomic E-state index is 5.96. The van der Waals surface area contributed by atoms with E-state index in [1.54, 1.807) is 13.1 Å². The Kier molecular flexibility index (Phi) is 2.27. The van der Waals surface area contributed by atoms with Gasteiger partial charge in [0, 0.05) is 7.05 Å². The Labute approximate surface area is 89.0 Å². The van der Waals surface area contributed by atoms with E-state index >= 15 is 0 Å². The zero-order valence-corrected chi connectivity index (χ0v) is 8.96. The lowest BCUT2D eigenvalue weighted by Crippen LogP contribution is -1.91. The Bertz CT molecular complexity index is 454. The summed E-state index contributed by atoms with van der Waals surface area (Å²) >= 11 is 13.0. The molecular formula is C7H5Cl2N3S. The topological polar surface area (TPSA) is 37.8 Å². The molecular weight excluding hydrogens is 229 g/mol. The number of nitrogens with one attached hydrogen (secondary N) is 1. The molecule has 0 saturated carbocycles. The van der Waals surface area contributed by atoms with Crippen molar-refractivity contribution in [2.45, 2.75) is 0 Å². The quantitative estimate of drug-likeness (QED) is 0.823. The molecule has 2 rings (SSSR count). The van der Waals surface area contributed by atoms with Crippen LogP contribution in [-0.2, 0) is 0 Å². The minimum atomic E-state index is 0.535. The fourth-order valence-corrected chi connectivity index (χ4v) is 2.32. The van der Waals surface area contributed by atoms with Crippen molar-refractivity contribution in [1.82, 2.24) is 8.75 Å². The summed E-state index contributed by atoms with van der Waals surface area (Å²) in [6.07, 6.45) is 0. The number of aromatic nitrogens is 2. The first-order valence-corrected chi connectivity index (χ1v) is 5.00. The molecule has 1 aromatic carbocycles. The van der Waals surface area contributed by atoms with Crippen LogP contribution < -0.4 is 5.32 Å². The molecule has 0 bridgehead atoms. The number of nitrogens with zero attached hydrogens (tertiary/aromatic N) is 2. The van der Waals surface area contributed by atoms with Crippen molar-refractivity contribution in [1.29, 1.82) is 0 Å². The molecule has 0 amide bonds. The van der Waals surface area contributed by atoms with Crippen LogP contribution in [0.5, 0.6) is 0 Å². The third kappa shape index (κ3) is 1.35. The SMILES string of the molecule is CNc1c(Cl)cc(Cl)c2nsnc12. The van der Waals surface area contributed by atoms with Gasteiger partial charge in [0.15, 0.2) is 0 Å². The van der Waals surface area contributed by atoms with E-state index in [1.165, 1.54) is 0 Å². The second-order valence-electron chi connectivity index (χ2n) is 2.43. The van der Waals surface area contributed by atoms with Gasteiger partial charge in [0.1, 0.15) is 11.0 Å². The Morgan fingerprint density at radius 3 is 2.62 bits per heavy atom. The number of benzene rings is 1. The van der Waals surface area contributed by atoms with Crippen LogP contribution in [0, 0.1) is 0 Å². The summed E-state index contributed by atoms with van der Waals surface area (Å²) in [5.41, 5.74) is 2.19. The predicted molar refractivity (Wildman–Crippen MR) is 57.0 cm³/mol. The minimum Gasteiger partial charge on any atom is -0.385 e. The fraction of sp³-hybridized carbons (Fsp3) is 0.143. The summed E-state index contributed by atoms with van der Waals surface area (Å²) in [7, 11) is 1.79. The van der Waals surface area contributed by atoms with Crippen molar-refractivity contribution < 1.29 is 0 Å². The highest BCUT2D eigenvalue weighted by molar-refractivity contribution is 7.00. The molecule has 2 aromatic rings. The van der Waals surface area contributed by atoms with Gasteiger partial charge in [-0.25, -0.2) is 0 Å². The normalized spacial score (nSPS) is 10.7. The molecule has 1 heterocycles. The van der Waals surface area contributed by atoms with Crippen molar-refractivity contribution in [3.05, 3.63) is 16.1 Å². The maximum absolute atomic E-state index is 5.96. The highest BCUT2D eigenvalue weighted by Crippen LogP contribution is 2.34. The maximum Gasteiger partial charge on any atom is 0.130 e. The molecule has 1 aromatic heterocycles. The van der Waals surface area contributed by atoms with Crippen molar-refractivity contribution >= 4 is 51.7 Å². The lowest BCUT2D eigenvalue weighted by atomic mass is 10.2. The summed E-state index contributed by atoms with van der Waals surface area (Å²) in [6.45, 7) is 0. The van der Waals surface area contributed by atoms with Gasteiger partial charge in [-0.3, -0.25) is 0 Å². The summed E-state index contributed by atoms with van der Waals surface area (Å²) in [5, 5.41) is 4.06. The highest BCUT2D eigenvalue weighted by Gasteiger charge is 2.11. The van der Waals surface area contributed by atoms with E-state index in [0.717, 1.165) is 22.9 Å². The zero-order valence-electron chi connectivity index (χ0n) is 6.64. The van der Waals surface area contributed by atoms with Gasteiger partial charge in [0.25, 0.3) is 0 Å². The Balaban J connectivity index is 2.88. The van der Waals surface area contributed by atoms with E-state index in [9.17, 15) is 0 Å². The number of hydrogen-bond acceptors (Lipinski definition) is 4. The lowest BCUT2D eigenvalue weighted by molar-refractivity contribution is 1.51. The van der Waals surface area contributed by atoms with Gasteiger partial charge >= 0.3 is 0 Å². The molecule has 0 saturated heterocycles. The van der Waals surface area contributed by atoms with Crippen LogP contribution >= 0.6 is 34.9 Å². The molecule has 1 N–H and O–H groups in total. The smallest absolute Gasteiger partial charge is 0.130 e. The number of halogens is 2. The van der Waals surface area contributed by atoms with Crippen LogP contribution in [0.25, 0.3) is 11.0 Å². The van der Waals surface area contributed by atoms with Gasteiger partial charge in [0.05, 0.1) is 27.5 Å². The summed E-state index contributed by atoms with van der Waals surface area (Å²) in [5.74, 6) is 0. The first-order chi connectivity index (χ1) is 6.24. The third-order valence-electron chi connectivity index (χ3n) is 1.69. The van der Waals surface area contributed by atoms with E-state index in [0.29, 0.717) is 15.6 Å². The van der Waals surface area contributed by atoms with Gasteiger partial charge in [-0.15, -0.1) is 0 Å². The van der Waals surface area contributed by atoms with Crippen LogP contribution in [0.15, 0.2) is 6.07 Å². The zero-order chi connectivity index (χ0) is 9.42. The van der Waals surface area contributed by atoms with Gasteiger partial charge in [-0.2, -0.15) is 8.75 Å². The second-order valence-corrected chi connectivity index (χ2v) is 3.77. The molecule has 0 radical (unpaired) electrons. The first kappa shape index (κ1) is 8.99. The minimum absolute atomic E-state index is 0.535. The van der Waals surface area contributed by atoms with Crippen LogP contribution in [0.2, 0.25) is 10.0 Å². The highest BCUT2D eigenvalue weighted by atomic mass is 35.5. The van der Waals surface area contributed by atoms with Gasteiger partial charge in [-0.05, 0) is 6.07 Å². The van der Waals surface area contributed by atoms with E-state index in [4.69, 9.17) is 23.2 Å². The van der Waals surface area contributed by atoms with Gasteiger partial charge in [-0.1, -0.05) is 23.2 Å². The van der Waals surface area contributed by atoms with Gasteiger partial charge in [0.2, 0.25) is 0 Å². The molecule has 0 aliphatic heterocycles. The van der Waals surface area contributed by atoms with Gasteiger partial charge < -0.3 is 5.32 Å². The number of fused-ring (bicyclic) bond motifs is 1. The Hall–Kier alpha value is -0.580. The predicted octanol–water partition coefficient (Wildman–Crippen LogP) is 3.04. The molecule has 0 aliphatic rings. The van der Waals surface area contributed by atoms with E-state index in [2.05, 4.69) is 14.1 Å². The molecule has 0 fully saturated rings. The van der Waals surface area contributed by atoms with Crippen molar-refractivity contribution in [2.24, 2.45) is 0 Å². The summed E-state index contributed by atoms with van der Waals surface area (Å²) < 4.78 is 8.18. The molecule has 3 nitrogen and oxygen atoms in total. The van der Waals surface area contributed by atoms with E-state index < -0.39 is 0 Å². The summed E-state index contributed by atoms with van der Waals surface area (Å²) in [4.78, 5) is 0. The number of anilines is 1. The molecule has 6 heteroatoms. The molecule has 0 aliphatic carbocycles. The monoisotopic (exact) mass is 233 g/mol. The van der Waals surface area contributed by atoms with Crippen molar-refractivity contribution in [3.63, 3.8) is 0 Å². The molecule has 0 atom stereocenters. The largest absolute Gasteiger partial charge is 0.385 e. The standard InChI is InChI=1S/C7H5Cl2N3S/c1-10-5-3(8)2-4(9)6-7(5)12-13-11-6/h2,10H,1H3. The molecule has 0 unspecified atom stereocenters. The van der Waals surface area contributed by atoms with Crippen molar-refractivity contribution in [3.8, 4) is 0 Å². The Morgan fingerprint density at radius 2 is 1.92 bits per heavy atom. The summed E-state index contributed by atoms with van der Waals surface area (Å²) in [6, 6.07) is 1.67. The van der Waals surface area contributed by atoms with Crippen LogP contribution in [-0.4, -0.2) is 15.8 Å². The Morgan fingerprint density at radius 1 is 1.23 bits per heavy atom. The molecule has 13 heavy (non-hydrogen) atoms. The molecule has 68 valence electrons. The number of hydrogen-bond donors (Lipinski definition) is 1. The van der Waals surface area contributed by atoms with Crippen LogP contribution in [0.4, 0.5) is 5.69 Å². The second kappa shape index (κ2) is 3.29. The van der Waals surface area contributed by atoms with Crippen LogP contribution in [0.1, 0.15) is 0 Å². The number of rotatable bonds is 1. The average molecular weight is 234 g/mol. The average Bonchev–Trinajstić information content (AvgIpc) is 2.53.